The molecule has 0 unspecified atom stereocenters. The lowest BCUT2D eigenvalue weighted by Crippen LogP contribution is -2.52. The second-order valence-corrected chi connectivity index (χ2v) is 6.22. The van der Waals surface area contributed by atoms with Crippen molar-refractivity contribution in [3.63, 3.8) is 0 Å². The van der Waals surface area contributed by atoms with E-state index in [1.54, 1.807) is 27.7 Å². The number of hydrogen-bond donors (Lipinski definition) is 2. The summed E-state index contributed by atoms with van der Waals surface area (Å²) in [6.45, 7) is 10.6. The highest BCUT2D eigenvalue weighted by Gasteiger charge is 2.56. The second-order valence-electron chi connectivity index (χ2n) is 6.22. The van der Waals surface area contributed by atoms with E-state index in [0.717, 1.165) is 0 Å². The van der Waals surface area contributed by atoms with Gasteiger partial charge in [-0.15, -0.1) is 6.58 Å². The summed E-state index contributed by atoms with van der Waals surface area (Å²) in [6.07, 6.45) is -0.846. The summed E-state index contributed by atoms with van der Waals surface area (Å²) in [7, 11) is 0. The molecule has 0 aromatic heterocycles. The summed E-state index contributed by atoms with van der Waals surface area (Å²) in [5.74, 6) is -1.66. The quantitative estimate of drug-likeness (QED) is 0.736. The number of aliphatic hydroxyl groups is 2. The van der Waals surface area contributed by atoms with Crippen molar-refractivity contribution in [2.24, 2.45) is 0 Å². The van der Waals surface area contributed by atoms with Gasteiger partial charge in [-0.05, 0) is 27.7 Å². The molecule has 0 aliphatic carbocycles. The first-order chi connectivity index (χ1) is 9.15. The largest absolute Gasteiger partial charge is 0.393 e. The third kappa shape index (κ3) is 2.77. The van der Waals surface area contributed by atoms with Crippen molar-refractivity contribution in [3.05, 3.63) is 12.7 Å². The molecule has 0 radical (unpaired) electrons. The SMILES string of the molecule is C=C[C@@]1(CO)OC(C)(C)O[C@H]1[C@H](O)[C@H]1COC(C)(C)O1. The minimum Gasteiger partial charge on any atom is -0.393 e. The predicted molar refractivity (Wildman–Crippen MR) is 71.0 cm³/mol. The van der Waals surface area contributed by atoms with Crippen molar-refractivity contribution >= 4 is 0 Å². The Bertz CT molecular complexity index is 380. The van der Waals surface area contributed by atoms with Gasteiger partial charge < -0.3 is 29.2 Å². The van der Waals surface area contributed by atoms with Crippen LogP contribution in [0.25, 0.3) is 0 Å². The molecule has 0 bridgehead atoms. The van der Waals surface area contributed by atoms with E-state index < -0.39 is 35.5 Å². The van der Waals surface area contributed by atoms with Gasteiger partial charge in [0.15, 0.2) is 11.6 Å². The molecular formula is C14H24O6. The van der Waals surface area contributed by atoms with E-state index in [9.17, 15) is 10.2 Å². The van der Waals surface area contributed by atoms with Gasteiger partial charge in [0.05, 0.1) is 13.2 Å². The first-order valence-corrected chi connectivity index (χ1v) is 6.77. The van der Waals surface area contributed by atoms with Gasteiger partial charge in [-0.1, -0.05) is 6.08 Å². The minimum atomic E-state index is -1.15. The summed E-state index contributed by atoms with van der Waals surface area (Å²) in [4.78, 5) is 0. The molecule has 0 spiro atoms. The van der Waals surface area contributed by atoms with Crippen LogP contribution in [0.1, 0.15) is 27.7 Å². The molecule has 0 amide bonds. The van der Waals surface area contributed by atoms with E-state index in [-0.39, 0.29) is 13.2 Å². The molecule has 20 heavy (non-hydrogen) atoms. The van der Waals surface area contributed by atoms with Gasteiger partial charge in [-0.3, -0.25) is 0 Å². The van der Waals surface area contributed by atoms with Gasteiger partial charge in [0, 0.05) is 0 Å². The normalized spacial score (nSPS) is 40.7. The zero-order valence-corrected chi connectivity index (χ0v) is 12.5. The molecular weight excluding hydrogens is 264 g/mol. The molecule has 4 atom stereocenters. The number of aliphatic hydroxyl groups excluding tert-OH is 2. The van der Waals surface area contributed by atoms with E-state index >= 15 is 0 Å². The van der Waals surface area contributed by atoms with Crippen molar-refractivity contribution in [1.82, 2.24) is 0 Å². The average molecular weight is 288 g/mol. The summed E-state index contributed by atoms with van der Waals surface area (Å²) in [5, 5.41) is 20.2. The first kappa shape index (κ1) is 15.9. The fourth-order valence-electron chi connectivity index (χ4n) is 2.73. The lowest BCUT2D eigenvalue weighted by Gasteiger charge is -2.32. The van der Waals surface area contributed by atoms with Gasteiger partial charge in [0.2, 0.25) is 0 Å². The average Bonchev–Trinajstić information content (AvgIpc) is 2.86. The van der Waals surface area contributed by atoms with Crippen LogP contribution in [0.3, 0.4) is 0 Å². The summed E-state index contributed by atoms with van der Waals surface area (Å²) in [5.41, 5.74) is -1.15. The number of rotatable bonds is 4. The topological polar surface area (TPSA) is 77.4 Å². The maximum Gasteiger partial charge on any atom is 0.164 e. The molecule has 2 rings (SSSR count). The Morgan fingerprint density at radius 3 is 2.35 bits per heavy atom. The van der Waals surface area contributed by atoms with Crippen molar-refractivity contribution in [2.75, 3.05) is 13.2 Å². The van der Waals surface area contributed by atoms with Crippen LogP contribution >= 0.6 is 0 Å². The molecule has 6 nitrogen and oxygen atoms in total. The predicted octanol–water partition coefficient (Wildman–Crippen LogP) is 0.567. The minimum absolute atomic E-state index is 0.257. The molecule has 0 aromatic carbocycles. The van der Waals surface area contributed by atoms with Crippen LogP contribution in [-0.4, -0.2) is 58.9 Å². The fraction of sp³-hybridized carbons (Fsp3) is 0.857. The maximum atomic E-state index is 10.5. The van der Waals surface area contributed by atoms with Gasteiger partial charge in [0.25, 0.3) is 0 Å². The van der Waals surface area contributed by atoms with E-state index in [1.807, 2.05) is 0 Å². The van der Waals surface area contributed by atoms with E-state index in [4.69, 9.17) is 18.9 Å². The number of hydrogen-bond acceptors (Lipinski definition) is 6. The lowest BCUT2D eigenvalue weighted by molar-refractivity contribution is -0.179. The lowest BCUT2D eigenvalue weighted by atomic mass is 9.91. The standard InChI is InChI=1S/C14H24O6/c1-6-14(8-15)11(19-13(4,5)20-14)10(16)9-7-17-12(2,3)18-9/h6,9-11,15-16H,1,7-8H2,2-5H3/t9-,10-,11+,14+/m1/s1. The van der Waals surface area contributed by atoms with Crippen LogP contribution in [-0.2, 0) is 18.9 Å². The highest BCUT2D eigenvalue weighted by molar-refractivity contribution is 5.11. The van der Waals surface area contributed by atoms with Crippen molar-refractivity contribution < 1.29 is 29.2 Å². The number of ether oxygens (including phenoxy) is 4. The first-order valence-electron chi connectivity index (χ1n) is 6.77. The molecule has 116 valence electrons. The highest BCUT2D eigenvalue weighted by Crippen LogP contribution is 2.40. The van der Waals surface area contributed by atoms with Crippen LogP contribution in [0.15, 0.2) is 12.7 Å². The molecule has 0 saturated carbocycles. The Kier molecular flexibility index (Phi) is 4.01. The summed E-state index contributed by atoms with van der Waals surface area (Å²) >= 11 is 0. The van der Waals surface area contributed by atoms with E-state index in [1.165, 1.54) is 6.08 Å². The van der Waals surface area contributed by atoms with Crippen molar-refractivity contribution in [1.29, 1.82) is 0 Å². The zero-order valence-electron chi connectivity index (χ0n) is 12.5. The Morgan fingerprint density at radius 1 is 1.25 bits per heavy atom. The van der Waals surface area contributed by atoms with Gasteiger partial charge in [-0.25, -0.2) is 0 Å². The van der Waals surface area contributed by atoms with Crippen molar-refractivity contribution in [2.45, 2.75) is 63.2 Å². The van der Waals surface area contributed by atoms with Gasteiger partial charge in [0.1, 0.15) is 23.9 Å². The molecule has 2 fully saturated rings. The maximum absolute atomic E-state index is 10.5. The fourth-order valence-corrected chi connectivity index (χ4v) is 2.73. The Balaban J connectivity index is 2.19. The Morgan fingerprint density at radius 2 is 1.90 bits per heavy atom. The highest BCUT2D eigenvalue weighted by atomic mass is 16.8. The molecule has 2 aliphatic heterocycles. The summed E-state index contributed by atoms with van der Waals surface area (Å²) < 4.78 is 22.6. The monoisotopic (exact) mass is 288 g/mol. The van der Waals surface area contributed by atoms with Crippen molar-refractivity contribution in [3.8, 4) is 0 Å². The molecule has 6 heteroatoms. The Labute approximate surface area is 119 Å². The van der Waals surface area contributed by atoms with Gasteiger partial charge in [-0.2, -0.15) is 0 Å². The van der Waals surface area contributed by atoms with Crippen LogP contribution in [0.2, 0.25) is 0 Å². The zero-order chi connectivity index (χ0) is 15.2. The van der Waals surface area contributed by atoms with Crippen LogP contribution in [0.4, 0.5) is 0 Å². The molecule has 2 saturated heterocycles. The third-order valence-electron chi connectivity index (χ3n) is 3.64. The van der Waals surface area contributed by atoms with Crippen LogP contribution < -0.4 is 0 Å². The second kappa shape index (κ2) is 5.05. The molecule has 2 aliphatic rings. The van der Waals surface area contributed by atoms with Crippen LogP contribution in [0.5, 0.6) is 0 Å². The smallest absolute Gasteiger partial charge is 0.164 e. The molecule has 2 heterocycles. The summed E-state index contributed by atoms with van der Waals surface area (Å²) in [6, 6.07) is 0. The Hall–Kier alpha value is -0.500. The molecule has 0 aromatic rings. The van der Waals surface area contributed by atoms with E-state index in [0.29, 0.717) is 0 Å². The molecule has 2 N–H and O–H groups in total. The van der Waals surface area contributed by atoms with E-state index in [2.05, 4.69) is 6.58 Å². The van der Waals surface area contributed by atoms with Gasteiger partial charge >= 0.3 is 0 Å². The third-order valence-corrected chi connectivity index (χ3v) is 3.64. The van der Waals surface area contributed by atoms with Crippen LogP contribution in [0, 0.1) is 0 Å².